The molecule has 0 aliphatic carbocycles. The molecule has 0 amide bonds. The van der Waals surface area contributed by atoms with Crippen LogP contribution in [0.5, 0.6) is 0 Å². The van der Waals surface area contributed by atoms with Gasteiger partial charge in [-0.15, -0.1) is 0 Å². The summed E-state index contributed by atoms with van der Waals surface area (Å²) in [7, 11) is 0. The van der Waals surface area contributed by atoms with E-state index in [1.807, 2.05) is 0 Å². The molecule has 2 rings (SSSR count). The van der Waals surface area contributed by atoms with Crippen molar-refractivity contribution in [3.05, 3.63) is 11.5 Å². The molecular formula is C12H18O11. The van der Waals surface area contributed by atoms with Gasteiger partial charge in [-0.2, -0.15) is 0 Å². The van der Waals surface area contributed by atoms with Crippen molar-refractivity contribution in [1.82, 2.24) is 0 Å². The average molecular weight is 338 g/mol. The predicted octanol–water partition coefficient (Wildman–Crippen LogP) is -4.15. The SMILES string of the molecule is O=C1OC([C@@H](O)CO)C(O)=C1O[C@H]1O[C@H](CO)[C@@H](O)[C@H](O)[C@H]1O. The van der Waals surface area contributed by atoms with E-state index in [9.17, 15) is 30.3 Å². The van der Waals surface area contributed by atoms with Crippen LogP contribution >= 0.6 is 0 Å². The van der Waals surface area contributed by atoms with Crippen molar-refractivity contribution in [3.63, 3.8) is 0 Å². The molecule has 0 saturated carbocycles. The number of aliphatic hydroxyl groups excluding tert-OH is 7. The maximum absolute atomic E-state index is 11.6. The van der Waals surface area contributed by atoms with Crippen molar-refractivity contribution in [2.75, 3.05) is 13.2 Å². The Morgan fingerprint density at radius 2 is 1.78 bits per heavy atom. The normalized spacial score (nSPS) is 39.3. The van der Waals surface area contributed by atoms with Crippen LogP contribution in [0.3, 0.4) is 0 Å². The number of aliphatic hydroxyl groups is 7. The minimum absolute atomic E-state index is 0.702. The van der Waals surface area contributed by atoms with Crippen LogP contribution in [0, 0.1) is 0 Å². The highest BCUT2D eigenvalue weighted by Gasteiger charge is 2.48. The van der Waals surface area contributed by atoms with Gasteiger partial charge in [0.2, 0.25) is 12.0 Å². The Kier molecular flexibility index (Phi) is 5.41. The minimum atomic E-state index is -1.79. The van der Waals surface area contributed by atoms with Crippen molar-refractivity contribution in [1.29, 1.82) is 0 Å². The highest BCUT2D eigenvalue weighted by atomic mass is 16.7. The van der Waals surface area contributed by atoms with Gasteiger partial charge >= 0.3 is 5.97 Å². The van der Waals surface area contributed by atoms with Gasteiger partial charge in [0.1, 0.15) is 30.5 Å². The van der Waals surface area contributed by atoms with Crippen LogP contribution in [0.4, 0.5) is 0 Å². The number of hydrogen-bond acceptors (Lipinski definition) is 11. The van der Waals surface area contributed by atoms with Crippen LogP contribution in [-0.4, -0.2) is 97.8 Å². The van der Waals surface area contributed by atoms with E-state index in [0.29, 0.717) is 0 Å². The Labute approximate surface area is 129 Å². The number of carbonyl (C=O) groups is 1. The van der Waals surface area contributed by atoms with Gasteiger partial charge in [-0.1, -0.05) is 0 Å². The maximum Gasteiger partial charge on any atom is 0.378 e. The first-order chi connectivity index (χ1) is 10.8. The summed E-state index contributed by atoms with van der Waals surface area (Å²) >= 11 is 0. The zero-order chi connectivity index (χ0) is 17.3. The van der Waals surface area contributed by atoms with E-state index in [0.717, 1.165) is 0 Å². The van der Waals surface area contributed by atoms with E-state index < -0.39 is 73.6 Å². The standard InChI is InChI=1S/C12H18O11/c13-1-3(15)9-8(19)10(11(20)22-9)23-12-7(18)6(17)5(16)4(2-14)21-12/h3-7,9,12-19H,1-2H2/t3-,4+,5+,6-,7+,9?,12+/m0/s1. The molecule has 1 unspecified atom stereocenters. The predicted molar refractivity (Wildman–Crippen MR) is 67.5 cm³/mol. The second kappa shape index (κ2) is 6.97. The highest BCUT2D eigenvalue weighted by molar-refractivity contribution is 5.89. The van der Waals surface area contributed by atoms with Gasteiger partial charge in [0.05, 0.1) is 13.2 Å². The molecule has 11 nitrogen and oxygen atoms in total. The molecule has 11 heteroatoms. The first kappa shape index (κ1) is 17.9. The summed E-state index contributed by atoms with van der Waals surface area (Å²) in [6.45, 7) is -1.50. The molecule has 0 aromatic heterocycles. The minimum Gasteiger partial charge on any atom is -0.505 e. The molecule has 0 spiro atoms. The third kappa shape index (κ3) is 3.26. The highest BCUT2D eigenvalue weighted by Crippen LogP contribution is 2.29. The maximum atomic E-state index is 11.6. The van der Waals surface area contributed by atoms with Crippen LogP contribution in [-0.2, 0) is 19.0 Å². The Morgan fingerprint density at radius 3 is 2.35 bits per heavy atom. The topological polar surface area (TPSA) is 186 Å². The largest absolute Gasteiger partial charge is 0.505 e. The fraction of sp³-hybridized carbons (Fsp3) is 0.750. The molecule has 2 aliphatic heterocycles. The van der Waals surface area contributed by atoms with E-state index in [4.69, 9.17) is 19.7 Å². The van der Waals surface area contributed by atoms with Crippen LogP contribution in [0.15, 0.2) is 11.5 Å². The molecule has 0 radical (unpaired) electrons. The number of ether oxygens (including phenoxy) is 3. The zero-order valence-electron chi connectivity index (χ0n) is 11.7. The number of cyclic esters (lactones) is 1. The van der Waals surface area contributed by atoms with E-state index in [-0.39, 0.29) is 0 Å². The van der Waals surface area contributed by atoms with Crippen LogP contribution in [0.25, 0.3) is 0 Å². The third-order valence-electron chi connectivity index (χ3n) is 3.54. The quantitative estimate of drug-likeness (QED) is 0.241. The summed E-state index contributed by atoms with van der Waals surface area (Å²) in [5.74, 6) is -2.79. The Balaban J connectivity index is 2.16. The van der Waals surface area contributed by atoms with Gasteiger partial charge in [0, 0.05) is 0 Å². The molecule has 0 aromatic rings. The van der Waals surface area contributed by atoms with Gasteiger partial charge in [-0.05, 0) is 0 Å². The number of carbonyl (C=O) groups excluding carboxylic acids is 1. The van der Waals surface area contributed by atoms with Gasteiger partial charge in [0.15, 0.2) is 11.9 Å². The van der Waals surface area contributed by atoms with E-state index in [2.05, 4.69) is 4.74 Å². The van der Waals surface area contributed by atoms with E-state index >= 15 is 0 Å². The van der Waals surface area contributed by atoms with E-state index in [1.54, 1.807) is 0 Å². The molecule has 0 bridgehead atoms. The fourth-order valence-electron chi connectivity index (χ4n) is 2.20. The van der Waals surface area contributed by atoms with Gasteiger partial charge in [-0.25, -0.2) is 4.79 Å². The van der Waals surface area contributed by atoms with Crippen molar-refractivity contribution in [2.24, 2.45) is 0 Å². The first-order valence-electron chi connectivity index (χ1n) is 6.72. The number of hydrogen-bond donors (Lipinski definition) is 7. The zero-order valence-corrected chi connectivity index (χ0v) is 11.7. The van der Waals surface area contributed by atoms with Crippen molar-refractivity contribution < 1.29 is 54.8 Å². The smallest absolute Gasteiger partial charge is 0.378 e. The van der Waals surface area contributed by atoms with Gasteiger partial charge in [-0.3, -0.25) is 0 Å². The lowest BCUT2D eigenvalue weighted by Gasteiger charge is -2.39. The van der Waals surface area contributed by atoms with Crippen LogP contribution < -0.4 is 0 Å². The molecule has 7 N–H and O–H groups in total. The second-order valence-corrected chi connectivity index (χ2v) is 5.11. The Hall–Kier alpha value is -1.47. The van der Waals surface area contributed by atoms with Gasteiger partial charge < -0.3 is 50.0 Å². The summed E-state index contributed by atoms with van der Waals surface area (Å²) in [6.07, 6.45) is -11.2. The Bertz CT molecular complexity index is 476. The molecule has 2 heterocycles. The van der Waals surface area contributed by atoms with Gasteiger partial charge in [0.25, 0.3) is 0 Å². The van der Waals surface area contributed by atoms with E-state index in [1.165, 1.54) is 0 Å². The average Bonchev–Trinajstić information content (AvgIpc) is 2.82. The third-order valence-corrected chi connectivity index (χ3v) is 3.54. The summed E-state index contributed by atoms with van der Waals surface area (Å²) in [4.78, 5) is 11.6. The molecule has 7 atom stereocenters. The summed E-state index contributed by atoms with van der Waals surface area (Å²) in [6, 6.07) is 0. The molecule has 1 saturated heterocycles. The van der Waals surface area contributed by atoms with Crippen molar-refractivity contribution >= 4 is 5.97 Å². The first-order valence-corrected chi connectivity index (χ1v) is 6.72. The Morgan fingerprint density at radius 1 is 1.13 bits per heavy atom. The number of rotatable bonds is 5. The molecule has 1 fully saturated rings. The lowest BCUT2D eigenvalue weighted by Crippen LogP contribution is -2.59. The number of esters is 1. The fourth-order valence-corrected chi connectivity index (χ4v) is 2.20. The summed E-state index contributed by atoms with van der Waals surface area (Å²) in [5, 5.41) is 66.1. The monoisotopic (exact) mass is 338 g/mol. The lowest BCUT2D eigenvalue weighted by atomic mass is 9.99. The van der Waals surface area contributed by atoms with Crippen molar-refractivity contribution in [3.8, 4) is 0 Å². The van der Waals surface area contributed by atoms with Crippen LogP contribution in [0.1, 0.15) is 0 Å². The second-order valence-electron chi connectivity index (χ2n) is 5.11. The lowest BCUT2D eigenvalue weighted by molar-refractivity contribution is -0.291. The summed E-state index contributed by atoms with van der Waals surface area (Å²) < 4.78 is 14.6. The summed E-state index contributed by atoms with van der Waals surface area (Å²) in [5.41, 5.74) is 0. The molecule has 0 aromatic carbocycles. The molecule has 132 valence electrons. The molecular weight excluding hydrogens is 320 g/mol. The van der Waals surface area contributed by atoms with Crippen LogP contribution in [0.2, 0.25) is 0 Å². The molecule has 23 heavy (non-hydrogen) atoms. The van der Waals surface area contributed by atoms with Crippen molar-refractivity contribution in [2.45, 2.75) is 42.9 Å². The molecule has 2 aliphatic rings.